The minimum Gasteiger partial charge on any atom is -0.337 e. The van der Waals surface area contributed by atoms with Crippen LogP contribution in [0.3, 0.4) is 0 Å². The maximum absolute atomic E-state index is 2.45. The number of aryl methyl sites for hydroxylation is 2. The number of para-hydroxylation sites is 1. The number of fused-ring (bicyclic) bond motifs is 5. The van der Waals surface area contributed by atoms with Gasteiger partial charge in [0.1, 0.15) is 0 Å². The molecule has 0 amide bonds. The quantitative estimate of drug-likeness (QED) is 0.126. The van der Waals surface area contributed by atoms with Gasteiger partial charge in [-0.15, -0.1) is 0 Å². The van der Waals surface area contributed by atoms with E-state index in [4.69, 9.17) is 0 Å². The molecule has 11 rings (SSSR count). The lowest BCUT2D eigenvalue weighted by molar-refractivity contribution is 0.900. The van der Waals surface area contributed by atoms with Crippen molar-refractivity contribution >= 4 is 44.0 Å². The second-order valence-corrected chi connectivity index (χ2v) is 16.4. The minimum absolute atomic E-state index is 0.763. The van der Waals surface area contributed by atoms with Crippen molar-refractivity contribution in [1.82, 2.24) is 4.57 Å². The lowest BCUT2D eigenvalue weighted by atomic mass is 9.94. The predicted octanol–water partition coefficient (Wildman–Crippen LogP) is 16.1. The molecule has 0 spiro atoms. The zero-order valence-corrected chi connectivity index (χ0v) is 35.1. The maximum Gasteiger partial charge on any atom is 0.0547 e. The molecule has 0 aliphatic rings. The van der Waals surface area contributed by atoms with Crippen LogP contribution in [0.4, 0.5) is 11.4 Å². The van der Waals surface area contributed by atoms with E-state index in [2.05, 4.69) is 252 Å². The predicted molar refractivity (Wildman–Crippen MR) is 267 cm³/mol. The largest absolute Gasteiger partial charge is 0.337 e. The monoisotopic (exact) mass is 806 g/mol. The van der Waals surface area contributed by atoms with Gasteiger partial charge in [0.25, 0.3) is 0 Å². The van der Waals surface area contributed by atoms with Crippen LogP contribution in [0.15, 0.2) is 243 Å². The third-order valence-electron chi connectivity index (χ3n) is 12.7. The lowest BCUT2D eigenvalue weighted by Crippen LogP contribution is -2.17. The van der Waals surface area contributed by atoms with Crippen molar-refractivity contribution in [2.24, 2.45) is 0 Å². The first-order valence-electron chi connectivity index (χ1n) is 22.0. The highest BCUT2D eigenvalue weighted by Crippen LogP contribution is 2.41. The SMILES string of the molecule is c1ccc(-c2ccc(N(Cc3ccccc3CCc3ccc(-n4c5ccccc5c5c6c(-c7ccccc7)cccc6ccc54)cc3)c3ccc(-c4ccccc4)cc3)cc2)cc1. The van der Waals surface area contributed by atoms with E-state index in [-0.39, 0.29) is 0 Å². The highest BCUT2D eigenvalue weighted by Gasteiger charge is 2.18. The molecular formula is C61H46N2. The number of aromatic nitrogens is 1. The van der Waals surface area contributed by atoms with Gasteiger partial charge in [0, 0.05) is 34.4 Å². The first-order chi connectivity index (χ1) is 31.2. The summed E-state index contributed by atoms with van der Waals surface area (Å²) in [6.07, 6.45) is 1.90. The van der Waals surface area contributed by atoms with E-state index >= 15 is 0 Å². The van der Waals surface area contributed by atoms with E-state index in [9.17, 15) is 0 Å². The molecular weight excluding hydrogens is 761 g/mol. The van der Waals surface area contributed by atoms with Crippen LogP contribution in [0.2, 0.25) is 0 Å². The van der Waals surface area contributed by atoms with Gasteiger partial charge in [-0.2, -0.15) is 0 Å². The van der Waals surface area contributed by atoms with Crippen LogP contribution in [0.25, 0.3) is 71.6 Å². The number of hydrogen-bond acceptors (Lipinski definition) is 1. The van der Waals surface area contributed by atoms with Gasteiger partial charge in [-0.3, -0.25) is 0 Å². The van der Waals surface area contributed by atoms with Crippen molar-refractivity contribution in [2.45, 2.75) is 19.4 Å². The van der Waals surface area contributed by atoms with Crippen molar-refractivity contribution in [3.8, 4) is 39.1 Å². The van der Waals surface area contributed by atoms with Crippen LogP contribution in [0.5, 0.6) is 0 Å². The molecule has 0 bridgehead atoms. The van der Waals surface area contributed by atoms with Crippen LogP contribution in [0.1, 0.15) is 16.7 Å². The van der Waals surface area contributed by atoms with E-state index < -0.39 is 0 Å². The molecule has 0 atom stereocenters. The normalized spacial score (nSPS) is 11.4. The third kappa shape index (κ3) is 7.47. The van der Waals surface area contributed by atoms with Crippen molar-refractivity contribution < 1.29 is 0 Å². The Morgan fingerprint density at radius 3 is 1.51 bits per heavy atom. The molecule has 11 aromatic rings. The standard InChI is InChI=1S/C61H46N2/c1-4-15-45(16-5-1)48-31-38-53(39-32-48)62(54-40-33-49(34-41-54)46-17-6-2-7-18-46)43-52-22-11-10-19-47(52)30-27-44-28-36-55(37-29-44)63-58-26-13-12-24-57(58)61-59(63)42-35-51-23-14-25-56(60(51)61)50-20-8-3-9-21-50/h1-26,28-29,31-42H,27,30,43H2. The van der Waals surface area contributed by atoms with Crippen LogP contribution < -0.4 is 4.90 Å². The molecule has 0 saturated heterocycles. The number of benzene rings is 10. The Hall–Kier alpha value is -7.94. The van der Waals surface area contributed by atoms with Gasteiger partial charge in [-0.25, -0.2) is 0 Å². The molecule has 2 heteroatoms. The number of anilines is 2. The zero-order chi connectivity index (χ0) is 42.0. The molecule has 0 fully saturated rings. The van der Waals surface area contributed by atoms with E-state index in [1.165, 1.54) is 99.7 Å². The van der Waals surface area contributed by atoms with Gasteiger partial charge in [0.05, 0.1) is 11.0 Å². The molecule has 2 nitrogen and oxygen atoms in total. The summed E-state index contributed by atoms with van der Waals surface area (Å²) < 4.78 is 2.44. The summed E-state index contributed by atoms with van der Waals surface area (Å²) in [6, 6.07) is 88.4. The summed E-state index contributed by atoms with van der Waals surface area (Å²) in [6.45, 7) is 0.763. The highest BCUT2D eigenvalue weighted by atomic mass is 15.1. The molecule has 63 heavy (non-hydrogen) atoms. The Kier molecular flexibility index (Phi) is 10.2. The zero-order valence-electron chi connectivity index (χ0n) is 35.1. The average Bonchev–Trinajstić information content (AvgIpc) is 3.71. The fourth-order valence-corrected chi connectivity index (χ4v) is 9.45. The van der Waals surface area contributed by atoms with E-state index in [0.717, 1.165) is 19.4 Å². The highest BCUT2D eigenvalue weighted by molar-refractivity contribution is 6.24. The van der Waals surface area contributed by atoms with Gasteiger partial charge in [0.2, 0.25) is 0 Å². The number of hydrogen-bond donors (Lipinski definition) is 0. The fourth-order valence-electron chi connectivity index (χ4n) is 9.45. The number of rotatable bonds is 11. The molecule has 0 saturated carbocycles. The van der Waals surface area contributed by atoms with Crippen molar-refractivity contribution in [3.63, 3.8) is 0 Å². The van der Waals surface area contributed by atoms with Crippen LogP contribution in [0, 0.1) is 0 Å². The molecule has 10 aromatic carbocycles. The van der Waals surface area contributed by atoms with E-state index in [1.54, 1.807) is 0 Å². The van der Waals surface area contributed by atoms with Crippen molar-refractivity contribution in [2.75, 3.05) is 4.90 Å². The minimum atomic E-state index is 0.763. The lowest BCUT2D eigenvalue weighted by Gasteiger charge is -2.27. The molecule has 0 aliphatic carbocycles. The third-order valence-corrected chi connectivity index (χ3v) is 12.7. The van der Waals surface area contributed by atoms with Gasteiger partial charge in [-0.05, 0) is 122 Å². The van der Waals surface area contributed by atoms with Gasteiger partial charge < -0.3 is 9.47 Å². The molecule has 300 valence electrons. The summed E-state index contributed by atoms with van der Waals surface area (Å²) in [5, 5.41) is 5.14. The molecule has 1 aromatic heterocycles. The van der Waals surface area contributed by atoms with Crippen LogP contribution >= 0.6 is 0 Å². The van der Waals surface area contributed by atoms with Crippen molar-refractivity contribution in [1.29, 1.82) is 0 Å². The Balaban J connectivity index is 0.890. The van der Waals surface area contributed by atoms with E-state index in [0.29, 0.717) is 0 Å². The number of nitrogens with zero attached hydrogens (tertiary/aromatic N) is 2. The fraction of sp³-hybridized carbons (Fsp3) is 0.0492. The molecule has 1 heterocycles. The first kappa shape index (κ1) is 38.0. The van der Waals surface area contributed by atoms with Gasteiger partial charge in [-0.1, -0.05) is 194 Å². The Bertz CT molecular complexity index is 3230. The smallest absolute Gasteiger partial charge is 0.0547 e. The topological polar surface area (TPSA) is 8.17 Å². The molecule has 0 unspecified atom stereocenters. The summed E-state index contributed by atoms with van der Waals surface area (Å²) in [7, 11) is 0. The summed E-state index contributed by atoms with van der Waals surface area (Å²) in [4.78, 5) is 2.45. The summed E-state index contributed by atoms with van der Waals surface area (Å²) in [5.41, 5.74) is 17.4. The Morgan fingerprint density at radius 1 is 0.333 bits per heavy atom. The molecule has 0 aliphatic heterocycles. The maximum atomic E-state index is 2.45. The van der Waals surface area contributed by atoms with Crippen LogP contribution in [-0.4, -0.2) is 4.57 Å². The first-order valence-corrected chi connectivity index (χ1v) is 22.0. The van der Waals surface area contributed by atoms with Gasteiger partial charge >= 0.3 is 0 Å². The second kappa shape index (κ2) is 16.8. The average molecular weight is 807 g/mol. The molecule has 0 N–H and O–H groups in total. The van der Waals surface area contributed by atoms with E-state index in [1.807, 2.05) is 0 Å². The molecule has 0 radical (unpaired) electrons. The van der Waals surface area contributed by atoms with Gasteiger partial charge in [0.15, 0.2) is 0 Å². The van der Waals surface area contributed by atoms with Crippen LogP contribution in [-0.2, 0) is 19.4 Å². The Labute approximate surface area is 369 Å². The summed E-state index contributed by atoms with van der Waals surface area (Å²) in [5.74, 6) is 0. The summed E-state index contributed by atoms with van der Waals surface area (Å²) >= 11 is 0. The Morgan fingerprint density at radius 2 is 0.873 bits per heavy atom. The second-order valence-electron chi connectivity index (χ2n) is 16.4. The van der Waals surface area contributed by atoms with Crippen molar-refractivity contribution in [3.05, 3.63) is 259 Å².